The fourth-order valence-corrected chi connectivity index (χ4v) is 2.72. The van der Waals surface area contributed by atoms with Gasteiger partial charge in [-0.25, -0.2) is 0 Å². The molecule has 0 atom stereocenters. The zero-order valence-corrected chi connectivity index (χ0v) is 11.5. The number of hydrogen-bond donors (Lipinski definition) is 1. The molecule has 0 aromatic carbocycles. The second kappa shape index (κ2) is 6.01. The zero-order chi connectivity index (χ0) is 13.0. The van der Waals surface area contributed by atoms with Crippen LogP contribution in [0.5, 0.6) is 0 Å². The van der Waals surface area contributed by atoms with E-state index < -0.39 is 0 Å². The molecule has 6 nitrogen and oxygen atoms in total. The lowest BCUT2D eigenvalue weighted by Crippen LogP contribution is -2.12. The molecule has 0 saturated heterocycles. The first kappa shape index (κ1) is 13.1. The molecule has 0 amide bonds. The van der Waals surface area contributed by atoms with Crippen molar-refractivity contribution in [2.75, 3.05) is 12.3 Å². The molecule has 18 heavy (non-hydrogen) atoms. The molecule has 98 valence electrons. The minimum atomic E-state index is 0.605. The van der Waals surface area contributed by atoms with Gasteiger partial charge in [0.05, 0.1) is 0 Å². The largest absolute Gasteiger partial charge is 0.329 e. The second-order valence-corrected chi connectivity index (χ2v) is 5.08. The molecule has 2 rings (SSSR count). The van der Waals surface area contributed by atoms with Gasteiger partial charge in [0.2, 0.25) is 0 Å². The van der Waals surface area contributed by atoms with E-state index in [9.17, 15) is 0 Å². The summed E-state index contributed by atoms with van der Waals surface area (Å²) in [6.45, 7) is 3.33. The maximum atomic E-state index is 5.59. The normalized spacial score (nSPS) is 11.1. The van der Waals surface area contributed by atoms with Crippen molar-refractivity contribution in [3.05, 3.63) is 23.8 Å². The Morgan fingerprint density at radius 2 is 2.22 bits per heavy atom. The first-order valence-electron chi connectivity index (χ1n) is 5.92. The van der Waals surface area contributed by atoms with Gasteiger partial charge in [-0.1, -0.05) is 11.8 Å². The topological polar surface area (TPSA) is 74.5 Å². The van der Waals surface area contributed by atoms with E-state index in [2.05, 4.69) is 19.9 Å². The van der Waals surface area contributed by atoms with Crippen LogP contribution in [-0.4, -0.2) is 36.8 Å². The van der Waals surface area contributed by atoms with Gasteiger partial charge < -0.3 is 10.3 Å². The number of aryl methyl sites for hydroxylation is 3. The van der Waals surface area contributed by atoms with E-state index in [0.717, 1.165) is 29.7 Å². The number of nitrogens with zero attached hydrogens (tertiary/aromatic N) is 5. The Balaban J connectivity index is 1.92. The molecule has 2 heterocycles. The Hall–Kier alpha value is -1.34. The van der Waals surface area contributed by atoms with Crippen LogP contribution in [0.2, 0.25) is 0 Å². The van der Waals surface area contributed by atoms with E-state index in [0.29, 0.717) is 6.54 Å². The molecule has 2 aromatic rings. The number of hydrogen-bond acceptors (Lipinski definition) is 5. The molecular formula is C11H18N6S. The van der Waals surface area contributed by atoms with E-state index in [4.69, 9.17) is 5.73 Å². The smallest absolute Gasteiger partial charge is 0.191 e. The molecule has 0 saturated carbocycles. The summed E-state index contributed by atoms with van der Waals surface area (Å²) in [6.07, 6.45) is 2.79. The SMILES string of the molecule is Cc1nnc(SCCc2ccnn2C)n1CCN. The summed E-state index contributed by atoms with van der Waals surface area (Å²) in [7, 11) is 1.96. The molecule has 0 radical (unpaired) electrons. The molecule has 2 aromatic heterocycles. The standard InChI is InChI=1S/C11H18N6S/c1-9-14-15-11(17(9)7-5-12)18-8-4-10-3-6-13-16(10)2/h3,6H,4-5,7-8,12H2,1-2H3. The van der Waals surface area contributed by atoms with Crippen LogP contribution in [0.4, 0.5) is 0 Å². The summed E-state index contributed by atoms with van der Waals surface area (Å²) in [4.78, 5) is 0. The zero-order valence-electron chi connectivity index (χ0n) is 10.7. The molecule has 0 aliphatic carbocycles. The highest BCUT2D eigenvalue weighted by Gasteiger charge is 2.08. The summed E-state index contributed by atoms with van der Waals surface area (Å²) in [5, 5.41) is 13.4. The third-order valence-electron chi connectivity index (χ3n) is 2.77. The molecule has 0 fully saturated rings. The van der Waals surface area contributed by atoms with E-state index in [1.165, 1.54) is 5.69 Å². The van der Waals surface area contributed by atoms with Crippen molar-refractivity contribution in [3.8, 4) is 0 Å². The van der Waals surface area contributed by atoms with Crippen LogP contribution >= 0.6 is 11.8 Å². The third kappa shape index (κ3) is 2.91. The van der Waals surface area contributed by atoms with Gasteiger partial charge in [0, 0.05) is 37.8 Å². The van der Waals surface area contributed by atoms with Crippen LogP contribution in [0.3, 0.4) is 0 Å². The average molecular weight is 266 g/mol. The van der Waals surface area contributed by atoms with Gasteiger partial charge in [-0.3, -0.25) is 4.68 Å². The minimum Gasteiger partial charge on any atom is -0.329 e. The summed E-state index contributed by atoms with van der Waals surface area (Å²) in [6, 6.07) is 2.04. The van der Waals surface area contributed by atoms with Crippen LogP contribution in [-0.2, 0) is 20.0 Å². The molecule has 0 spiro atoms. The maximum absolute atomic E-state index is 5.59. The van der Waals surface area contributed by atoms with Crippen molar-refractivity contribution >= 4 is 11.8 Å². The number of rotatable bonds is 6. The molecule has 0 aliphatic heterocycles. The summed E-state index contributed by atoms with van der Waals surface area (Å²) in [5.74, 6) is 1.88. The number of thioether (sulfide) groups is 1. The fourth-order valence-electron chi connectivity index (χ4n) is 1.75. The molecule has 7 heteroatoms. The fraction of sp³-hybridized carbons (Fsp3) is 0.545. The summed E-state index contributed by atoms with van der Waals surface area (Å²) in [5.41, 5.74) is 6.81. The van der Waals surface area contributed by atoms with E-state index >= 15 is 0 Å². The van der Waals surface area contributed by atoms with Gasteiger partial charge >= 0.3 is 0 Å². The first-order valence-corrected chi connectivity index (χ1v) is 6.90. The number of nitrogens with two attached hydrogens (primary N) is 1. The Morgan fingerprint density at radius 1 is 1.39 bits per heavy atom. The predicted molar refractivity (Wildman–Crippen MR) is 71.4 cm³/mol. The van der Waals surface area contributed by atoms with Gasteiger partial charge in [-0.05, 0) is 19.4 Å². The van der Waals surface area contributed by atoms with Crippen LogP contribution < -0.4 is 5.73 Å². The van der Waals surface area contributed by atoms with Crippen molar-refractivity contribution in [3.63, 3.8) is 0 Å². The van der Waals surface area contributed by atoms with E-state index in [1.807, 2.05) is 30.9 Å². The Bertz CT molecular complexity index is 503. The minimum absolute atomic E-state index is 0.605. The predicted octanol–water partition coefficient (Wildman–Crippen LogP) is 0.614. The van der Waals surface area contributed by atoms with Gasteiger partial charge in [-0.2, -0.15) is 5.10 Å². The van der Waals surface area contributed by atoms with Crippen LogP contribution in [0.25, 0.3) is 0 Å². The quantitative estimate of drug-likeness (QED) is 0.776. The lowest BCUT2D eigenvalue weighted by atomic mass is 10.3. The van der Waals surface area contributed by atoms with E-state index in [1.54, 1.807) is 11.8 Å². The van der Waals surface area contributed by atoms with E-state index in [-0.39, 0.29) is 0 Å². The van der Waals surface area contributed by atoms with Gasteiger partial charge in [-0.15, -0.1) is 10.2 Å². The summed E-state index contributed by atoms with van der Waals surface area (Å²) < 4.78 is 3.96. The average Bonchev–Trinajstić information content (AvgIpc) is 2.90. The maximum Gasteiger partial charge on any atom is 0.191 e. The molecule has 2 N–H and O–H groups in total. The lowest BCUT2D eigenvalue weighted by Gasteiger charge is -2.06. The van der Waals surface area contributed by atoms with Gasteiger partial charge in [0.25, 0.3) is 0 Å². The molecule has 0 bridgehead atoms. The highest BCUT2D eigenvalue weighted by Crippen LogP contribution is 2.17. The highest BCUT2D eigenvalue weighted by atomic mass is 32.2. The number of aromatic nitrogens is 5. The van der Waals surface area contributed by atoms with Crippen molar-refractivity contribution in [2.45, 2.75) is 25.0 Å². The van der Waals surface area contributed by atoms with Crippen molar-refractivity contribution < 1.29 is 0 Å². The van der Waals surface area contributed by atoms with Crippen molar-refractivity contribution in [1.82, 2.24) is 24.5 Å². The Morgan fingerprint density at radius 3 is 2.89 bits per heavy atom. The van der Waals surface area contributed by atoms with Crippen LogP contribution in [0, 0.1) is 6.92 Å². The van der Waals surface area contributed by atoms with Crippen LogP contribution in [0.15, 0.2) is 17.4 Å². The van der Waals surface area contributed by atoms with Crippen molar-refractivity contribution in [2.24, 2.45) is 12.8 Å². The van der Waals surface area contributed by atoms with Gasteiger partial charge in [0.15, 0.2) is 5.16 Å². The third-order valence-corrected chi connectivity index (χ3v) is 3.73. The monoisotopic (exact) mass is 266 g/mol. The molecular weight excluding hydrogens is 248 g/mol. The van der Waals surface area contributed by atoms with Gasteiger partial charge in [0.1, 0.15) is 5.82 Å². The molecule has 0 unspecified atom stereocenters. The summed E-state index contributed by atoms with van der Waals surface area (Å²) >= 11 is 1.71. The Labute approximate surface area is 111 Å². The second-order valence-electron chi connectivity index (χ2n) is 4.01. The highest BCUT2D eigenvalue weighted by molar-refractivity contribution is 7.99. The van der Waals surface area contributed by atoms with Crippen LogP contribution in [0.1, 0.15) is 11.5 Å². The molecule has 0 aliphatic rings. The van der Waals surface area contributed by atoms with Crippen molar-refractivity contribution in [1.29, 1.82) is 0 Å². The Kier molecular flexibility index (Phi) is 4.38. The first-order chi connectivity index (χ1) is 8.72. The lowest BCUT2D eigenvalue weighted by molar-refractivity contribution is 0.627.